The first kappa shape index (κ1) is 17.0. The molecule has 12 nitrogen and oxygen atoms in total. The van der Waals surface area contributed by atoms with Crippen LogP contribution in [0, 0.1) is 0 Å². The van der Waals surface area contributed by atoms with E-state index in [0.717, 1.165) is 17.1 Å². The molecular weight excluding hydrogens is 323 g/mol. The van der Waals surface area contributed by atoms with Crippen LogP contribution in [0.1, 0.15) is 16.7 Å². The number of aliphatic hydroxyl groups excluding tert-OH is 2. The van der Waals surface area contributed by atoms with E-state index < -0.39 is 43.5 Å². The summed E-state index contributed by atoms with van der Waals surface area (Å²) in [5.41, 5.74) is 6.78. The molecule has 0 bridgehead atoms. The minimum Gasteiger partial charge on any atom is -0.387 e. The van der Waals surface area contributed by atoms with Gasteiger partial charge < -0.3 is 40.1 Å². The summed E-state index contributed by atoms with van der Waals surface area (Å²) in [6.45, 7) is 0. The predicted molar refractivity (Wildman–Crippen MR) is 67.8 cm³/mol. The minimum atomic E-state index is -5.27. The average molecular weight is 338 g/mol. The fraction of sp³-hybridized carbons (Fsp3) is 0.556. The molecule has 1 fully saturated rings. The Kier molecular flexibility index (Phi) is 4.14. The van der Waals surface area contributed by atoms with E-state index in [1.165, 1.54) is 0 Å². The molecular formula is C9H15N4O8P. The van der Waals surface area contributed by atoms with E-state index in [1.807, 2.05) is 0 Å². The van der Waals surface area contributed by atoms with E-state index in [2.05, 4.69) is 4.98 Å². The molecule has 1 aliphatic rings. The van der Waals surface area contributed by atoms with E-state index in [-0.39, 0.29) is 5.69 Å². The van der Waals surface area contributed by atoms with Crippen LogP contribution in [0.25, 0.3) is 0 Å². The van der Waals surface area contributed by atoms with Crippen LogP contribution in [-0.2, 0) is 9.30 Å². The minimum absolute atomic E-state index is 0.160. The lowest BCUT2D eigenvalue weighted by atomic mass is 10.1. The van der Waals surface area contributed by atoms with Crippen molar-refractivity contribution in [3.05, 3.63) is 18.2 Å². The summed E-state index contributed by atoms with van der Waals surface area (Å²) < 4.78 is 17.3. The van der Waals surface area contributed by atoms with Crippen LogP contribution in [0.3, 0.4) is 0 Å². The monoisotopic (exact) mass is 338 g/mol. The average Bonchev–Trinajstić information content (AvgIpc) is 2.95. The van der Waals surface area contributed by atoms with Crippen molar-refractivity contribution in [2.24, 2.45) is 11.5 Å². The van der Waals surface area contributed by atoms with Crippen molar-refractivity contribution in [1.29, 1.82) is 0 Å². The molecule has 1 aromatic heterocycles. The smallest absolute Gasteiger partial charge is 0.374 e. The van der Waals surface area contributed by atoms with Crippen LogP contribution >= 0.6 is 7.60 Å². The fourth-order valence-corrected chi connectivity index (χ4v) is 2.57. The van der Waals surface area contributed by atoms with Gasteiger partial charge in [0, 0.05) is 6.20 Å². The number of amides is 1. The summed E-state index contributed by atoms with van der Waals surface area (Å²) in [4.78, 5) is 32.6. The Morgan fingerprint density at radius 2 is 2.00 bits per heavy atom. The summed E-state index contributed by atoms with van der Waals surface area (Å²) in [5.74, 6) is -0.853. The molecule has 0 aliphatic carbocycles. The van der Waals surface area contributed by atoms with Crippen molar-refractivity contribution in [3.63, 3.8) is 0 Å². The molecule has 124 valence electrons. The molecule has 22 heavy (non-hydrogen) atoms. The molecule has 2 unspecified atom stereocenters. The second kappa shape index (κ2) is 5.37. The number of nitrogens with two attached hydrogens (primary N) is 2. The Hall–Kier alpha value is -1.37. The molecule has 1 aliphatic heterocycles. The third-order valence-corrected chi connectivity index (χ3v) is 4.46. The molecule has 1 aromatic rings. The second-order valence-corrected chi connectivity index (χ2v) is 6.63. The van der Waals surface area contributed by atoms with Crippen LogP contribution in [0.2, 0.25) is 0 Å². The van der Waals surface area contributed by atoms with E-state index >= 15 is 0 Å². The van der Waals surface area contributed by atoms with E-state index in [4.69, 9.17) is 26.0 Å². The summed E-state index contributed by atoms with van der Waals surface area (Å²) in [7, 11) is -5.27. The van der Waals surface area contributed by atoms with Crippen molar-refractivity contribution >= 4 is 13.5 Å². The first-order valence-corrected chi connectivity index (χ1v) is 7.50. The molecule has 5 atom stereocenters. The van der Waals surface area contributed by atoms with Crippen LogP contribution in [0.15, 0.2) is 12.5 Å². The molecule has 1 amide bonds. The van der Waals surface area contributed by atoms with Gasteiger partial charge in [0.15, 0.2) is 6.23 Å². The van der Waals surface area contributed by atoms with Gasteiger partial charge in [-0.15, -0.1) is 0 Å². The Bertz CT molecular complexity index is 627. The largest absolute Gasteiger partial charge is 0.387 e. The van der Waals surface area contributed by atoms with Gasteiger partial charge >= 0.3 is 7.60 Å². The number of nitrogens with zero attached hydrogens (tertiary/aromatic N) is 2. The summed E-state index contributed by atoms with van der Waals surface area (Å²) in [6.07, 6.45) is -4.81. The number of hydrogen-bond donors (Lipinski definition) is 7. The topological polar surface area (TPSA) is 214 Å². The van der Waals surface area contributed by atoms with Crippen molar-refractivity contribution in [1.82, 2.24) is 9.55 Å². The van der Waals surface area contributed by atoms with E-state index in [0.29, 0.717) is 0 Å². The quantitative estimate of drug-likeness (QED) is 0.211. The molecule has 0 radical (unpaired) electrons. The number of aliphatic hydroxyl groups is 3. The van der Waals surface area contributed by atoms with Gasteiger partial charge in [-0.05, 0) is 0 Å². The zero-order chi connectivity index (χ0) is 16.9. The van der Waals surface area contributed by atoms with E-state index in [1.54, 1.807) is 0 Å². The van der Waals surface area contributed by atoms with Gasteiger partial charge in [-0.2, -0.15) is 0 Å². The Balaban J connectivity index is 2.30. The lowest BCUT2D eigenvalue weighted by molar-refractivity contribution is -0.108. The maximum absolute atomic E-state index is 11.2. The summed E-state index contributed by atoms with van der Waals surface area (Å²) in [5, 5.41) is 29.4. The fourth-order valence-electron chi connectivity index (χ4n) is 2.03. The maximum Gasteiger partial charge on any atom is 0.374 e. The zero-order valence-electron chi connectivity index (χ0n) is 10.9. The van der Waals surface area contributed by atoms with Gasteiger partial charge in [-0.1, -0.05) is 0 Å². The Morgan fingerprint density at radius 1 is 1.41 bits per heavy atom. The van der Waals surface area contributed by atoms with Gasteiger partial charge in [-0.25, -0.2) is 4.98 Å². The number of carbonyl (C=O) groups excluding carboxylic acids is 1. The van der Waals surface area contributed by atoms with Crippen LogP contribution < -0.4 is 11.5 Å². The Labute approximate surface area is 123 Å². The lowest BCUT2D eigenvalue weighted by Crippen LogP contribution is -2.55. The molecule has 2 rings (SSSR count). The number of rotatable bonds is 4. The maximum atomic E-state index is 11.2. The normalized spacial score (nSPS) is 31.9. The third kappa shape index (κ3) is 2.66. The number of carbonyl (C=O) groups is 1. The Morgan fingerprint density at radius 3 is 2.45 bits per heavy atom. The van der Waals surface area contributed by atoms with Gasteiger partial charge in [0.2, 0.25) is 5.47 Å². The van der Waals surface area contributed by atoms with E-state index in [9.17, 15) is 24.7 Å². The first-order chi connectivity index (χ1) is 9.96. The molecule has 0 saturated carbocycles. The van der Waals surface area contributed by atoms with Gasteiger partial charge in [0.1, 0.15) is 24.0 Å². The highest BCUT2D eigenvalue weighted by Gasteiger charge is 2.59. The van der Waals surface area contributed by atoms with Crippen molar-refractivity contribution in [2.45, 2.75) is 30.0 Å². The van der Waals surface area contributed by atoms with Crippen molar-refractivity contribution in [2.75, 3.05) is 0 Å². The van der Waals surface area contributed by atoms with Crippen molar-refractivity contribution in [3.8, 4) is 0 Å². The lowest BCUT2D eigenvalue weighted by Gasteiger charge is -2.31. The first-order valence-electron chi connectivity index (χ1n) is 5.88. The number of imidazole rings is 1. The summed E-state index contributed by atoms with van der Waals surface area (Å²) >= 11 is 0. The number of ether oxygens (including phenoxy) is 1. The third-order valence-electron chi connectivity index (χ3n) is 3.27. The van der Waals surface area contributed by atoms with Crippen molar-refractivity contribution < 1.29 is 39.2 Å². The highest BCUT2D eigenvalue weighted by atomic mass is 31.2. The zero-order valence-corrected chi connectivity index (χ0v) is 11.8. The highest BCUT2D eigenvalue weighted by molar-refractivity contribution is 7.53. The van der Waals surface area contributed by atoms with Crippen LogP contribution in [-0.4, -0.2) is 64.3 Å². The standard InChI is InChI=1S/C9H15N4O8P/c10-7(16)3-1-13(2-12-3)8-5(15)4(14)6(21-8)9(11,17)22(18,19)20/h1-2,4-6,8,14-15,17H,11H2,(H2,10,16)(H2,18,19,20)/t4-,5+,6-,8?,9?/m1/s1. The molecule has 2 heterocycles. The molecule has 1 saturated heterocycles. The summed E-state index contributed by atoms with van der Waals surface area (Å²) in [6, 6.07) is 0. The second-order valence-electron chi connectivity index (χ2n) is 4.83. The number of primary amides is 1. The van der Waals surface area contributed by atoms with Gasteiger partial charge in [0.25, 0.3) is 5.91 Å². The molecule has 9 N–H and O–H groups in total. The molecule has 0 aromatic carbocycles. The van der Waals surface area contributed by atoms with Gasteiger partial charge in [-0.3, -0.25) is 15.1 Å². The van der Waals surface area contributed by atoms with Crippen LogP contribution in [0.4, 0.5) is 0 Å². The number of hydrogen-bond acceptors (Lipinski definition) is 8. The molecule has 0 spiro atoms. The highest BCUT2D eigenvalue weighted by Crippen LogP contribution is 2.51. The molecule has 13 heteroatoms. The van der Waals surface area contributed by atoms with Gasteiger partial charge in [0.05, 0.1) is 6.33 Å². The predicted octanol–water partition coefficient (Wildman–Crippen LogP) is -3.62. The van der Waals surface area contributed by atoms with Crippen LogP contribution in [0.5, 0.6) is 0 Å². The number of aromatic nitrogens is 2. The SMILES string of the molecule is NC(=O)c1cn(C2O[C@@H](C(N)(O)P(=O)(O)O)[C@H](O)[C@@H]2O)cn1.